The normalized spacial score (nSPS) is 34.7. The van der Waals surface area contributed by atoms with Gasteiger partial charge in [0.1, 0.15) is 29.7 Å². The van der Waals surface area contributed by atoms with Crippen LogP contribution >= 0.6 is 0 Å². The molecule has 4 atom stereocenters. The minimum atomic E-state index is -1.06. The van der Waals surface area contributed by atoms with Gasteiger partial charge in [0, 0.05) is 7.05 Å². The van der Waals surface area contributed by atoms with Crippen LogP contribution in [0.1, 0.15) is 6.23 Å². The molecule has 3 N–H and O–H groups in total. The van der Waals surface area contributed by atoms with E-state index in [1.165, 1.54) is 6.33 Å². The molecule has 1 unspecified atom stereocenters. The maximum Gasteiger partial charge on any atom is 0.167 e. The Kier molecular flexibility index (Phi) is 2.67. The molecule has 2 aromatic rings. The molecule has 2 bridgehead atoms. The fourth-order valence-electron chi connectivity index (χ4n) is 2.98. The minimum absolute atomic E-state index is 0.176. The molecular formula is C12H15N5O4. The predicted molar refractivity (Wildman–Crippen MR) is 70.6 cm³/mol. The topological polar surface area (TPSA) is 115 Å². The Morgan fingerprint density at radius 3 is 3.05 bits per heavy atom. The number of nitrogens with zero attached hydrogens (tertiary/aromatic N) is 4. The monoisotopic (exact) mass is 293 g/mol. The van der Waals surface area contributed by atoms with Gasteiger partial charge in [0.2, 0.25) is 0 Å². The highest BCUT2D eigenvalue weighted by molar-refractivity contribution is 5.82. The highest BCUT2D eigenvalue weighted by atomic mass is 16.7. The third kappa shape index (κ3) is 1.57. The molecule has 2 aromatic heterocycles. The van der Waals surface area contributed by atoms with E-state index in [0.717, 1.165) is 0 Å². The van der Waals surface area contributed by atoms with Crippen LogP contribution in [0.2, 0.25) is 0 Å². The summed E-state index contributed by atoms with van der Waals surface area (Å²) in [4.78, 5) is 12.6. The smallest absolute Gasteiger partial charge is 0.167 e. The second-order valence-corrected chi connectivity index (χ2v) is 5.25. The van der Waals surface area contributed by atoms with Gasteiger partial charge in [-0.3, -0.25) is 4.57 Å². The third-order valence-corrected chi connectivity index (χ3v) is 4.14. The van der Waals surface area contributed by atoms with Gasteiger partial charge in [-0.15, -0.1) is 0 Å². The van der Waals surface area contributed by atoms with Gasteiger partial charge in [-0.05, 0) is 0 Å². The first-order valence-corrected chi connectivity index (χ1v) is 6.64. The molecule has 4 heterocycles. The number of imidazole rings is 1. The highest BCUT2D eigenvalue weighted by Crippen LogP contribution is 2.45. The van der Waals surface area contributed by atoms with E-state index in [1.807, 2.05) is 0 Å². The molecule has 112 valence electrons. The van der Waals surface area contributed by atoms with Gasteiger partial charge < -0.3 is 25.0 Å². The molecule has 9 heteroatoms. The summed E-state index contributed by atoms with van der Waals surface area (Å²) in [5.41, 5.74) is 0.125. The van der Waals surface area contributed by atoms with Gasteiger partial charge in [-0.2, -0.15) is 0 Å². The van der Waals surface area contributed by atoms with E-state index in [-0.39, 0.29) is 13.2 Å². The fraction of sp³-hybridized carbons (Fsp3) is 0.583. The average Bonchev–Trinajstić information content (AvgIpc) is 3.17. The summed E-state index contributed by atoms with van der Waals surface area (Å²) in [7, 11) is 1.75. The van der Waals surface area contributed by atoms with E-state index in [9.17, 15) is 10.2 Å². The van der Waals surface area contributed by atoms with Crippen LogP contribution < -0.4 is 5.32 Å². The number of fused-ring (bicyclic) bond motifs is 3. The van der Waals surface area contributed by atoms with E-state index in [1.54, 1.807) is 17.9 Å². The molecule has 0 spiro atoms. The summed E-state index contributed by atoms with van der Waals surface area (Å²) in [6, 6.07) is 0. The van der Waals surface area contributed by atoms with Crippen molar-refractivity contribution in [3.8, 4) is 0 Å². The number of rotatable bonds is 3. The van der Waals surface area contributed by atoms with Crippen molar-refractivity contribution in [3.05, 3.63) is 12.7 Å². The average molecular weight is 293 g/mol. The quantitative estimate of drug-likeness (QED) is 0.652. The first-order valence-electron chi connectivity index (χ1n) is 6.64. The van der Waals surface area contributed by atoms with E-state index in [2.05, 4.69) is 20.3 Å². The molecule has 2 aliphatic rings. The summed E-state index contributed by atoms with van der Waals surface area (Å²) >= 11 is 0. The lowest BCUT2D eigenvalue weighted by atomic mass is 10.0. The Balaban J connectivity index is 1.79. The lowest BCUT2D eigenvalue weighted by molar-refractivity contribution is -0.185. The molecule has 0 aromatic carbocycles. The maximum atomic E-state index is 10.2. The first kappa shape index (κ1) is 12.9. The summed E-state index contributed by atoms with van der Waals surface area (Å²) < 4.78 is 13.1. The molecule has 2 fully saturated rings. The number of hydrogen-bond acceptors (Lipinski definition) is 8. The molecule has 0 saturated carbocycles. The van der Waals surface area contributed by atoms with Gasteiger partial charge in [-0.1, -0.05) is 0 Å². The van der Waals surface area contributed by atoms with Gasteiger partial charge in [0.25, 0.3) is 0 Å². The number of aliphatic hydroxyl groups is 2. The first-order chi connectivity index (χ1) is 10.2. The van der Waals surface area contributed by atoms with Gasteiger partial charge >= 0.3 is 0 Å². The molecule has 21 heavy (non-hydrogen) atoms. The molecule has 0 aliphatic carbocycles. The lowest BCUT2D eigenvalue weighted by Crippen LogP contribution is -2.44. The van der Waals surface area contributed by atoms with E-state index >= 15 is 0 Å². The van der Waals surface area contributed by atoms with Crippen LogP contribution in [0.4, 0.5) is 5.82 Å². The Morgan fingerprint density at radius 1 is 1.48 bits per heavy atom. The van der Waals surface area contributed by atoms with Crippen molar-refractivity contribution in [2.45, 2.75) is 24.0 Å². The number of nitrogens with one attached hydrogen (secondary N) is 1. The number of aromatic nitrogens is 4. The second-order valence-electron chi connectivity index (χ2n) is 5.25. The summed E-state index contributed by atoms with van der Waals surface area (Å²) in [5.74, 6) is 0.611. The van der Waals surface area contributed by atoms with Crippen LogP contribution in [-0.2, 0) is 9.47 Å². The Bertz CT molecular complexity index is 691. The molecule has 2 aliphatic heterocycles. The van der Waals surface area contributed by atoms with Crippen LogP contribution in [0.3, 0.4) is 0 Å². The zero-order valence-electron chi connectivity index (χ0n) is 11.3. The molecule has 0 radical (unpaired) electrons. The van der Waals surface area contributed by atoms with Gasteiger partial charge in [0.15, 0.2) is 17.7 Å². The lowest BCUT2D eigenvalue weighted by Gasteiger charge is -2.29. The summed E-state index contributed by atoms with van der Waals surface area (Å²) in [6.07, 6.45) is 0.995. The zero-order valence-corrected chi connectivity index (χ0v) is 11.3. The minimum Gasteiger partial charge on any atom is -0.393 e. The van der Waals surface area contributed by atoms with Crippen molar-refractivity contribution in [2.24, 2.45) is 0 Å². The standard InChI is InChI=1S/C12H15N5O4/c1-13-9-6-10(15-4-14-9)17(5-16-6)11-7-8(19)12(2-18,21-11)3-20-7/h4-5,7-8,11,18-19H,2-3H2,1H3,(H,13,14,15)/t7?,8-,11-,12+/m1/s1. The van der Waals surface area contributed by atoms with E-state index in [0.29, 0.717) is 17.0 Å². The number of ether oxygens (including phenoxy) is 2. The highest BCUT2D eigenvalue weighted by Gasteiger charge is 2.61. The van der Waals surface area contributed by atoms with Crippen molar-refractivity contribution in [2.75, 3.05) is 25.6 Å². The van der Waals surface area contributed by atoms with Crippen molar-refractivity contribution in [1.82, 2.24) is 19.5 Å². The van der Waals surface area contributed by atoms with Crippen LogP contribution in [0.15, 0.2) is 12.7 Å². The van der Waals surface area contributed by atoms with Crippen molar-refractivity contribution in [1.29, 1.82) is 0 Å². The Labute approximate surface area is 119 Å². The van der Waals surface area contributed by atoms with Crippen LogP contribution in [-0.4, -0.2) is 67.8 Å². The molecular weight excluding hydrogens is 278 g/mol. The predicted octanol–water partition coefficient (Wildman–Crippen LogP) is -1.11. The Morgan fingerprint density at radius 2 is 2.33 bits per heavy atom. The molecule has 9 nitrogen and oxygen atoms in total. The van der Waals surface area contributed by atoms with Crippen LogP contribution in [0.25, 0.3) is 11.2 Å². The second kappa shape index (κ2) is 4.34. The van der Waals surface area contributed by atoms with Gasteiger partial charge in [0.05, 0.1) is 19.5 Å². The van der Waals surface area contributed by atoms with Crippen LogP contribution in [0, 0.1) is 0 Å². The van der Waals surface area contributed by atoms with Crippen molar-refractivity contribution < 1.29 is 19.7 Å². The molecule has 0 amide bonds. The third-order valence-electron chi connectivity index (χ3n) is 4.14. The molecule has 2 saturated heterocycles. The molecule has 4 rings (SSSR count). The summed E-state index contributed by atoms with van der Waals surface area (Å²) in [6.45, 7) is -0.125. The number of anilines is 1. The maximum absolute atomic E-state index is 10.2. The van der Waals surface area contributed by atoms with Gasteiger partial charge in [-0.25, -0.2) is 15.0 Å². The zero-order chi connectivity index (χ0) is 14.6. The number of aliphatic hydroxyl groups excluding tert-OH is 2. The van der Waals surface area contributed by atoms with Crippen molar-refractivity contribution in [3.63, 3.8) is 0 Å². The SMILES string of the molecule is CNc1ncnc2c1ncn2[C@@H]1O[C@@]2(CO)COC1[C@H]2O. The van der Waals surface area contributed by atoms with Crippen molar-refractivity contribution >= 4 is 17.0 Å². The largest absolute Gasteiger partial charge is 0.393 e. The number of hydrogen-bond donors (Lipinski definition) is 3. The fourth-order valence-corrected chi connectivity index (χ4v) is 2.98. The van der Waals surface area contributed by atoms with E-state index < -0.39 is 24.0 Å². The summed E-state index contributed by atoms with van der Waals surface area (Å²) in [5, 5.41) is 22.7. The Hall–Kier alpha value is -1.81. The van der Waals surface area contributed by atoms with Crippen LogP contribution in [0.5, 0.6) is 0 Å². The van der Waals surface area contributed by atoms with E-state index in [4.69, 9.17) is 9.47 Å².